The quantitative estimate of drug-likeness (QED) is 0.591. The number of phenolic OH excluding ortho intramolecular Hbond substituents is 2. The number of methoxy groups -OCH3 is 1. The third-order valence-corrected chi connectivity index (χ3v) is 2.71. The van der Waals surface area contributed by atoms with Gasteiger partial charge in [-0.25, -0.2) is 5.43 Å². The smallest absolute Gasteiger partial charge is 0.271 e. The highest BCUT2D eigenvalue weighted by molar-refractivity contribution is 5.95. The largest absolute Gasteiger partial charge is 0.508 e. The molecular weight excluding hydrogens is 272 g/mol. The summed E-state index contributed by atoms with van der Waals surface area (Å²) in [6.45, 7) is 0. The van der Waals surface area contributed by atoms with Crippen molar-refractivity contribution in [1.29, 1.82) is 0 Å². The average Bonchev–Trinajstić information content (AvgIpc) is 2.48. The first kappa shape index (κ1) is 14.4. The first-order valence-corrected chi connectivity index (χ1v) is 6.09. The third-order valence-electron chi connectivity index (χ3n) is 2.71. The van der Waals surface area contributed by atoms with Crippen LogP contribution in [-0.2, 0) is 0 Å². The zero-order valence-corrected chi connectivity index (χ0v) is 11.3. The lowest BCUT2D eigenvalue weighted by atomic mass is 10.2. The highest BCUT2D eigenvalue weighted by Gasteiger charge is 2.04. The number of benzene rings is 2. The summed E-state index contributed by atoms with van der Waals surface area (Å²) in [6.07, 6.45) is 1.40. The van der Waals surface area contributed by atoms with Gasteiger partial charge in [0.2, 0.25) is 0 Å². The van der Waals surface area contributed by atoms with Crippen LogP contribution in [-0.4, -0.2) is 29.4 Å². The van der Waals surface area contributed by atoms with Gasteiger partial charge in [0, 0.05) is 5.56 Å². The fourth-order valence-corrected chi connectivity index (χ4v) is 1.63. The van der Waals surface area contributed by atoms with Gasteiger partial charge in [0.15, 0.2) is 11.5 Å². The third kappa shape index (κ3) is 3.73. The lowest BCUT2D eigenvalue weighted by Crippen LogP contribution is -2.17. The summed E-state index contributed by atoms with van der Waals surface area (Å²) in [5.74, 6) is 0.0410. The monoisotopic (exact) mass is 286 g/mol. The summed E-state index contributed by atoms with van der Waals surface area (Å²) in [5, 5.41) is 22.5. The van der Waals surface area contributed by atoms with E-state index >= 15 is 0 Å². The molecule has 21 heavy (non-hydrogen) atoms. The summed E-state index contributed by atoms with van der Waals surface area (Å²) in [6, 6.07) is 10.6. The lowest BCUT2D eigenvalue weighted by molar-refractivity contribution is 0.0955. The Morgan fingerprint density at radius 1 is 1.19 bits per heavy atom. The van der Waals surface area contributed by atoms with Crippen LogP contribution in [0.5, 0.6) is 17.2 Å². The van der Waals surface area contributed by atoms with Crippen LogP contribution in [0.15, 0.2) is 47.6 Å². The molecule has 0 saturated heterocycles. The highest BCUT2D eigenvalue weighted by atomic mass is 16.5. The van der Waals surface area contributed by atoms with Crippen LogP contribution >= 0.6 is 0 Å². The zero-order valence-electron chi connectivity index (χ0n) is 11.3. The molecule has 0 spiro atoms. The molecule has 6 nitrogen and oxygen atoms in total. The van der Waals surface area contributed by atoms with Crippen molar-refractivity contribution >= 4 is 12.1 Å². The second-order valence-electron chi connectivity index (χ2n) is 4.18. The SMILES string of the molecule is COc1ccc(C=NNC(=O)c2ccc(O)cc2)cc1O. The summed E-state index contributed by atoms with van der Waals surface area (Å²) in [5.41, 5.74) is 3.34. The number of hydrogen-bond donors (Lipinski definition) is 3. The lowest BCUT2D eigenvalue weighted by Gasteiger charge is -2.03. The molecule has 0 aliphatic rings. The Hall–Kier alpha value is -3.02. The summed E-state index contributed by atoms with van der Waals surface area (Å²) < 4.78 is 4.93. The minimum atomic E-state index is -0.399. The van der Waals surface area contributed by atoms with Gasteiger partial charge >= 0.3 is 0 Å². The van der Waals surface area contributed by atoms with Gasteiger partial charge in [-0.05, 0) is 48.0 Å². The number of amides is 1. The number of nitrogens with zero attached hydrogens (tertiary/aromatic N) is 1. The van der Waals surface area contributed by atoms with Crippen molar-refractivity contribution in [2.24, 2.45) is 5.10 Å². The number of hydrogen-bond acceptors (Lipinski definition) is 5. The fourth-order valence-electron chi connectivity index (χ4n) is 1.63. The van der Waals surface area contributed by atoms with Gasteiger partial charge in [0.25, 0.3) is 5.91 Å². The number of hydrazone groups is 1. The van der Waals surface area contributed by atoms with Gasteiger partial charge < -0.3 is 14.9 Å². The number of carbonyl (C=O) groups is 1. The Kier molecular flexibility index (Phi) is 4.40. The molecule has 0 heterocycles. The van der Waals surface area contributed by atoms with Gasteiger partial charge in [-0.15, -0.1) is 0 Å². The minimum absolute atomic E-state index is 0.00805. The Balaban J connectivity index is 2.00. The molecule has 0 fully saturated rings. The topological polar surface area (TPSA) is 91.2 Å². The van der Waals surface area contributed by atoms with Crippen LogP contribution in [0, 0.1) is 0 Å². The average molecular weight is 286 g/mol. The van der Waals surface area contributed by atoms with Gasteiger partial charge in [-0.2, -0.15) is 5.10 Å². The molecule has 2 aromatic rings. The number of carbonyl (C=O) groups excluding carboxylic acids is 1. The molecule has 0 aliphatic carbocycles. The fraction of sp³-hybridized carbons (Fsp3) is 0.0667. The molecule has 1 amide bonds. The summed E-state index contributed by atoms with van der Waals surface area (Å²) >= 11 is 0. The Morgan fingerprint density at radius 3 is 2.52 bits per heavy atom. The van der Waals surface area contributed by atoms with E-state index in [1.54, 1.807) is 12.1 Å². The zero-order chi connectivity index (χ0) is 15.2. The van der Waals surface area contributed by atoms with E-state index in [1.807, 2.05) is 0 Å². The number of ether oxygens (including phenoxy) is 1. The van der Waals surface area contributed by atoms with Gasteiger partial charge in [-0.3, -0.25) is 4.79 Å². The van der Waals surface area contributed by atoms with Crippen molar-refractivity contribution < 1.29 is 19.7 Å². The predicted molar refractivity (Wildman–Crippen MR) is 77.8 cm³/mol. The van der Waals surface area contributed by atoms with Crippen LogP contribution in [0.4, 0.5) is 0 Å². The van der Waals surface area contributed by atoms with E-state index in [0.717, 1.165) is 0 Å². The molecular formula is C15H14N2O4. The molecule has 3 N–H and O–H groups in total. The molecule has 0 bridgehead atoms. The second-order valence-corrected chi connectivity index (χ2v) is 4.18. The molecule has 0 saturated carbocycles. The van der Waals surface area contributed by atoms with E-state index in [9.17, 15) is 9.90 Å². The van der Waals surface area contributed by atoms with Crippen molar-refractivity contribution in [3.05, 3.63) is 53.6 Å². The van der Waals surface area contributed by atoms with Gasteiger partial charge in [-0.1, -0.05) is 0 Å². The van der Waals surface area contributed by atoms with Crippen LogP contribution in [0.2, 0.25) is 0 Å². The molecule has 108 valence electrons. The molecule has 0 atom stereocenters. The van der Waals surface area contributed by atoms with Crippen LogP contribution in [0.25, 0.3) is 0 Å². The predicted octanol–water partition coefficient (Wildman–Crippen LogP) is 1.87. The molecule has 2 rings (SSSR count). The van der Waals surface area contributed by atoms with Crippen LogP contribution in [0.1, 0.15) is 15.9 Å². The van der Waals surface area contributed by atoms with E-state index in [-0.39, 0.29) is 11.5 Å². The maximum atomic E-state index is 11.7. The summed E-state index contributed by atoms with van der Waals surface area (Å²) in [4.78, 5) is 11.7. The molecule has 0 radical (unpaired) electrons. The van der Waals surface area contributed by atoms with Crippen molar-refractivity contribution in [1.82, 2.24) is 5.43 Å². The van der Waals surface area contributed by atoms with E-state index in [1.165, 1.54) is 43.7 Å². The number of rotatable bonds is 4. The first-order chi connectivity index (χ1) is 10.1. The molecule has 0 aromatic heterocycles. The minimum Gasteiger partial charge on any atom is -0.508 e. The van der Waals surface area contributed by atoms with Crippen molar-refractivity contribution in [2.75, 3.05) is 7.11 Å². The number of nitrogens with one attached hydrogen (secondary N) is 1. The Bertz CT molecular complexity index is 666. The number of aromatic hydroxyl groups is 2. The Labute approximate surface area is 121 Å². The van der Waals surface area contributed by atoms with E-state index in [2.05, 4.69) is 10.5 Å². The van der Waals surface area contributed by atoms with Crippen molar-refractivity contribution in [3.63, 3.8) is 0 Å². The van der Waals surface area contributed by atoms with Crippen molar-refractivity contribution in [3.8, 4) is 17.2 Å². The molecule has 0 aliphatic heterocycles. The highest BCUT2D eigenvalue weighted by Crippen LogP contribution is 2.25. The van der Waals surface area contributed by atoms with Gasteiger partial charge in [0.05, 0.1) is 13.3 Å². The maximum absolute atomic E-state index is 11.7. The second kappa shape index (κ2) is 6.42. The van der Waals surface area contributed by atoms with E-state index < -0.39 is 5.91 Å². The standard InChI is InChI=1S/C15H14N2O4/c1-21-14-7-2-10(8-13(14)19)9-16-17-15(20)11-3-5-12(18)6-4-11/h2-9,18-19H,1H3,(H,17,20). The maximum Gasteiger partial charge on any atom is 0.271 e. The molecule has 0 unspecified atom stereocenters. The normalized spacial score (nSPS) is 10.5. The molecule has 2 aromatic carbocycles. The van der Waals surface area contributed by atoms with Crippen LogP contribution in [0.3, 0.4) is 0 Å². The van der Waals surface area contributed by atoms with E-state index in [4.69, 9.17) is 9.84 Å². The van der Waals surface area contributed by atoms with E-state index in [0.29, 0.717) is 16.9 Å². The molecule has 6 heteroatoms. The first-order valence-electron chi connectivity index (χ1n) is 6.09. The Morgan fingerprint density at radius 2 is 1.90 bits per heavy atom. The number of phenols is 2. The van der Waals surface area contributed by atoms with Gasteiger partial charge in [0.1, 0.15) is 5.75 Å². The van der Waals surface area contributed by atoms with Crippen LogP contribution < -0.4 is 10.2 Å². The summed E-state index contributed by atoms with van der Waals surface area (Å²) in [7, 11) is 1.46. The van der Waals surface area contributed by atoms with Crippen molar-refractivity contribution in [2.45, 2.75) is 0 Å².